The number of carbonyl (C=O) groups excluding carboxylic acids is 1. The smallest absolute Gasteiger partial charge is 0.308 e. The van der Waals surface area contributed by atoms with E-state index >= 15 is 0 Å². The Balaban J connectivity index is 2.43. The maximum atomic E-state index is 10.9. The van der Waals surface area contributed by atoms with Crippen LogP contribution in [0.2, 0.25) is 0 Å². The molecule has 17 heavy (non-hydrogen) atoms. The molecule has 0 N–H and O–H groups in total. The molecule has 0 amide bonds. The molecule has 94 valence electrons. The summed E-state index contributed by atoms with van der Waals surface area (Å²) in [6.07, 6.45) is 1.41. The molecule has 1 rings (SSSR count). The summed E-state index contributed by atoms with van der Waals surface area (Å²) >= 11 is 0. The second-order valence-corrected chi connectivity index (χ2v) is 4.05. The highest BCUT2D eigenvalue weighted by Gasteiger charge is 2.04. The predicted octanol–water partition coefficient (Wildman–Crippen LogP) is 3.14. The molecule has 0 radical (unpaired) electrons. The Hall–Kier alpha value is -1.51. The number of benzene rings is 1. The van der Waals surface area contributed by atoms with Crippen molar-refractivity contribution in [3.63, 3.8) is 0 Å². The van der Waals surface area contributed by atoms with E-state index in [2.05, 4.69) is 30.7 Å². The lowest BCUT2D eigenvalue weighted by Crippen LogP contribution is -2.07. The van der Waals surface area contributed by atoms with Crippen molar-refractivity contribution in [2.24, 2.45) is 0 Å². The Morgan fingerprint density at radius 1 is 1.29 bits per heavy atom. The summed E-state index contributed by atoms with van der Waals surface area (Å²) in [5.74, 6) is 1.11. The number of rotatable bonds is 6. The van der Waals surface area contributed by atoms with Gasteiger partial charge in [0.2, 0.25) is 0 Å². The number of hydrogen-bond acceptors (Lipinski definition) is 3. The van der Waals surface area contributed by atoms with Crippen LogP contribution in [0.5, 0.6) is 5.75 Å². The fourth-order valence-corrected chi connectivity index (χ4v) is 1.48. The molecule has 3 heteroatoms. The maximum Gasteiger partial charge on any atom is 0.308 e. The van der Waals surface area contributed by atoms with Gasteiger partial charge >= 0.3 is 5.97 Å². The van der Waals surface area contributed by atoms with E-state index in [9.17, 15) is 4.79 Å². The fourth-order valence-electron chi connectivity index (χ4n) is 1.48. The monoisotopic (exact) mass is 236 g/mol. The van der Waals surface area contributed by atoms with Crippen LogP contribution in [0.4, 0.5) is 0 Å². The zero-order valence-corrected chi connectivity index (χ0v) is 10.7. The summed E-state index contributed by atoms with van der Waals surface area (Å²) in [5.41, 5.74) is 1.31. The minimum absolute atomic E-state index is 0.249. The molecule has 1 atom stereocenters. The third-order valence-electron chi connectivity index (χ3n) is 2.86. The molecule has 0 aliphatic rings. The standard InChI is InChI=1S/C14H20O3/c1-4-11(2)12-5-7-13(8-6-12)17-10-9-14(15)16-3/h5-8,11H,4,9-10H2,1-3H3. The van der Waals surface area contributed by atoms with Gasteiger partial charge in [-0.2, -0.15) is 0 Å². The predicted molar refractivity (Wildman–Crippen MR) is 67.3 cm³/mol. The van der Waals surface area contributed by atoms with Crippen LogP contribution in [0.15, 0.2) is 24.3 Å². The van der Waals surface area contributed by atoms with Crippen molar-refractivity contribution < 1.29 is 14.3 Å². The Morgan fingerprint density at radius 2 is 1.94 bits per heavy atom. The van der Waals surface area contributed by atoms with Crippen LogP contribution < -0.4 is 4.74 Å². The largest absolute Gasteiger partial charge is 0.493 e. The zero-order chi connectivity index (χ0) is 12.7. The van der Waals surface area contributed by atoms with E-state index in [-0.39, 0.29) is 12.4 Å². The first-order chi connectivity index (χ1) is 8.17. The van der Waals surface area contributed by atoms with Crippen LogP contribution in [-0.4, -0.2) is 19.7 Å². The van der Waals surface area contributed by atoms with Gasteiger partial charge in [-0.3, -0.25) is 4.79 Å². The molecule has 1 unspecified atom stereocenters. The van der Waals surface area contributed by atoms with Crippen molar-refractivity contribution in [1.29, 1.82) is 0 Å². The molecular weight excluding hydrogens is 216 g/mol. The lowest BCUT2D eigenvalue weighted by atomic mass is 9.99. The van der Waals surface area contributed by atoms with Crippen LogP contribution in [0.3, 0.4) is 0 Å². The van der Waals surface area contributed by atoms with Crippen LogP contribution in [0.1, 0.15) is 38.2 Å². The molecule has 0 heterocycles. The number of methoxy groups -OCH3 is 1. The minimum atomic E-state index is -0.249. The van der Waals surface area contributed by atoms with E-state index in [1.807, 2.05) is 12.1 Å². The number of hydrogen-bond donors (Lipinski definition) is 0. The molecule has 0 spiro atoms. The third-order valence-corrected chi connectivity index (χ3v) is 2.86. The minimum Gasteiger partial charge on any atom is -0.493 e. The van der Waals surface area contributed by atoms with Gasteiger partial charge in [0, 0.05) is 0 Å². The first-order valence-corrected chi connectivity index (χ1v) is 5.97. The van der Waals surface area contributed by atoms with Crippen LogP contribution in [-0.2, 0) is 9.53 Å². The van der Waals surface area contributed by atoms with Crippen molar-refractivity contribution in [1.82, 2.24) is 0 Å². The summed E-state index contributed by atoms with van der Waals surface area (Å²) in [6, 6.07) is 8.03. The molecule has 3 nitrogen and oxygen atoms in total. The van der Waals surface area contributed by atoms with E-state index < -0.39 is 0 Å². The lowest BCUT2D eigenvalue weighted by molar-refractivity contribution is -0.141. The molecule has 0 bridgehead atoms. The number of ether oxygens (including phenoxy) is 2. The summed E-state index contributed by atoms with van der Waals surface area (Å²) in [7, 11) is 1.38. The van der Waals surface area contributed by atoms with E-state index in [0.29, 0.717) is 12.5 Å². The Morgan fingerprint density at radius 3 is 2.47 bits per heavy atom. The van der Waals surface area contributed by atoms with Gasteiger partial charge in [0.05, 0.1) is 20.1 Å². The van der Waals surface area contributed by atoms with Gasteiger partial charge < -0.3 is 9.47 Å². The molecule has 0 saturated carbocycles. The van der Waals surface area contributed by atoms with Gasteiger partial charge in [-0.25, -0.2) is 0 Å². The maximum absolute atomic E-state index is 10.9. The summed E-state index contributed by atoms with van der Waals surface area (Å²) in [4.78, 5) is 10.9. The van der Waals surface area contributed by atoms with E-state index in [1.54, 1.807) is 0 Å². The second kappa shape index (κ2) is 6.94. The number of esters is 1. The average Bonchev–Trinajstić information content (AvgIpc) is 2.38. The van der Waals surface area contributed by atoms with Crippen LogP contribution >= 0.6 is 0 Å². The van der Waals surface area contributed by atoms with Gasteiger partial charge in [0.25, 0.3) is 0 Å². The number of carbonyl (C=O) groups is 1. The second-order valence-electron chi connectivity index (χ2n) is 4.05. The Kier molecular flexibility index (Phi) is 5.53. The summed E-state index contributed by atoms with van der Waals surface area (Å²) in [5, 5.41) is 0. The SMILES string of the molecule is CCC(C)c1ccc(OCCC(=O)OC)cc1. The van der Waals surface area contributed by atoms with Crippen molar-refractivity contribution >= 4 is 5.97 Å². The van der Waals surface area contributed by atoms with Crippen molar-refractivity contribution in [3.05, 3.63) is 29.8 Å². The fraction of sp³-hybridized carbons (Fsp3) is 0.500. The van der Waals surface area contributed by atoms with Gasteiger partial charge in [0.15, 0.2) is 0 Å². The zero-order valence-electron chi connectivity index (χ0n) is 10.7. The van der Waals surface area contributed by atoms with Crippen molar-refractivity contribution in [2.75, 3.05) is 13.7 Å². The van der Waals surface area contributed by atoms with Crippen LogP contribution in [0, 0.1) is 0 Å². The third kappa shape index (κ3) is 4.47. The molecule has 0 saturated heterocycles. The highest BCUT2D eigenvalue weighted by Crippen LogP contribution is 2.21. The molecule has 1 aromatic rings. The first-order valence-electron chi connectivity index (χ1n) is 5.97. The quantitative estimate of drug-likeness (QED) is 0.712. The van der Waals surface area contributed by atoms with E-state index in [1.165, 1.54) is 12.7 Å². The summed E-state index contributed by atoms with van der Waals surface area (Å²) < 4.78 is 9.98. The Labute approximate surface area is 103 Å². The molecule has 1 aromatic carbocycles. The molecular formula is C14H20O3. The molecule has 0 aliphatic heterocycles. The van der Waals surface area contributed by atoms with E-state index in [4.69, 9.17) is 4.74 Å². The van der Waals surface area contributed by atoms with E-state index in [0.717, 1.165) is 12.2 Å². The molecule has 0 fully saturated rings. The topological polar surface area (TPSA) is 35.5 Å². The lowest BCUT2D eigenvalue weighted by Gasteiger charge is -2.10. The summed E-state index contributed by atoms with van der Waals surface area (Å²) in [6.45, 7) is 4.73. The Bertz CT molecular complexity index is 343. The van der Waals surface area contributed by atoms with Gasteiger partial charge in [-0.15, -0.1) is 0 Å². The highest BCUT2D eigenvalue weighted by atomic mass is 16.5. The first kappa shape index (κ1) is 13.6. The highest BCUT2D eigenvalue weighted by molar-refractivity contribution is 5.69. The van der Waals surface area contributed by atoms with Crippen molar-refractivity contribution in [2.45, 2.75) is 32.6 Å². The molecule has 0 aliphatic carbocycles. The van der Waals surface area contributed by atoms with Crippen LogP contribution in [0.25, 0.3) is 0 Å². The van der Waals surface area contributed by atoms with Gasteiger partial charge in [-0.05, 0) is 30.0 Å². The van der Waals surface area contributed by atoms with Gasteiger partial charge in [0.1, 0.15) is 5.75 Å². The van der Waals surface area contributed by atoms with Gasteiger partial charge in [-0.1, -0.05) is 26.0 Å². The normalized spacial score (nSPS) is 11.9. The average molecular weight is 236 g/mol. The molecule has 0 aromatic heterocycles. The van der Waals surface area contributed by atoms with Crippen molar-refractivity contribution in [3.8, 4) is 5.75 Å².